The average molecular weight is 475 g/mol. The molecule has 4 saturated carbocycles. The van der Waals surface area contributed by atoms with Gasteiger partial charge in [0.15, 0.2) is 0 Å². The smallest absolute Gasteiger partial charge is 0.252 e. The van der Waals surface area contributed by atoms with Crippen molar-refractivity contribution in [3.8, 4) is 0 Å². The van der Waals surface area contributed by atoms with Crippen LogP contribution in [0.15, 0.2) is 36.4 Å². The van der Waals surface area contributed by atoms with Gasteiger partial charge in [0.2, 0.25) is 5.91 Å². The molecule has 3 atom stereocenters. The van der Waals surface area contributed by atoms with Gasteiger partial charge < -0.3 is 10.6 Å². The fourth-order valence-corrected chi connectivity index (χ4v) is 7.37. The Hall–Kier alpha value is -2.54. The number of nitrogens with one attached hydrogen (secondary N) is 2. The van der Waals surface area contributed by atoms with Gasteiger partial charge in [-0.25, -0.2) is 13.2 Å². The molecule has 4 fully saturated rings. The number of halogens is 4. The lowest BCUT2D eigenvalue weighted by molar-refractivity contribution is -0.182. The molecule has 7 rings (SSSR count). The van der Waals surface area contributed by atoms with Gasteiger partial charge in [-0.3, -0.25) is 9.59 Å². The summed E-state index contributed by atoms with van der Waals surface area (Å²) < 4.78 is 44.7. The van der Waals surface area contributed by atoms with Gasteiger partial charge in [0, 0.05) is 33.8 Å². The predicted molar refractivity (Wildman–Crippen MR) is 117 cm³/mol. The Balaban J connectivity index is 1.38. The van der Waals surface area contributed by atoms with Crippen LogP contribution in [0.3, 0.4) is 0 Å². The number of alkyl halides is 2. The summed E-state index contributed by atoms with van der Waals surface area (Å²) in [6.07, 6.45) is 0.977. The Morgan fingerprint density at radius 1 is 1.06 bits per heavy atom. The molecule has 1 heterocycles. The summed E-state index contributed by atoms with van der Waals surface area (Å²) in [7, 11) is 0. The highest BCUT2D eigenvalue weighted by atomic mass is 35.5. The van der Waals surface area contributed by atoms with E-state index in [1.807, 2.05) is 0 Å². The van der Waals surface area contributed by atoms with Gasteiger partial charge in [-0.15, -0.1) is 0 Å². The molecule has 3 unspecified atom stereocenters. The number of hydrogen-bond acceptors (Lipinski definition) is 2. The monoisotopic (exact) mass is 474 g/mol. The van der Waals surface area contributed by atoms with E-state index in [0.29, 0.717) is 41.6 Å². The summed E-state index contributed by atoms with van der Waals surface area (Å²) in [6.45, 7) is 0. The van der Waals surface area contributed by atoms with Crippen LogP contribution in [0.1, 0.15) is 66.1 Å². The van der Waals surface area contributed by atoms with Crippen LogP contribution in [0.4, 0.5) is 18.9 Å². The molecule has 4 aliphatic carbocycles. The van der Waals surface area contributed by atoms with Crippen molar-refractivity contribution in [3.63, 3.8) is 0 Å². The molecule has 33 heavy (non-hydrogen) atoms. The second-order valence-electron chi connectivity index (χ2n) is 10.4. The quantitative estimate of drug-likeness (QED) is 0.604. The zero-order valence-corrected chi connectivity index (χ0v) is 18.4. The SMILES string of the molecule is O=C1NC(c2cc(F)ccc2Cl)c2c(NC(=O)C34CC5CC(F)(CC(F)(C5)C3)C4)cccc21. The first-order chi connectivity index (χ1) is 15.6. The second-order valence-corrected chi connectivity index (χ2v) is 10.8. The van der Waals surface area contributed by atoms with Crippen LogP contribution < -0.4 is 10.6 Å². The van der Waals surface area contributed by atoms with Crippen LogP contribution in [0, 0.1) is 17.2 Å². The van der Waals surface area contributed by atoms with E-state index < -0.39 is 34.5 Å². The van der Waals surface area contributed by atoms with E-state index in [0.717, 1.165) is 0 Å². The van der Waals surface area contributed by atoms with Gasteiger partial charge in [0.25, 0.3) is 5.91 Å². The first-order valence-corrected chi connectivity index (χ1v) is 11.5. The Morgan fingerprint density at radius 3 is 2.48 bits per heavy atom. The van der Waals surface area contributed by atoms with Gasteiger partial charge >= 0.3 is 0 Å². The van der Waals surface area contributed by atoms with Gasteiger partial charge in [0.05, 0.1) is 11.5 Å². The van der Waals surface area contributed by atoms with Crippen molar-refractivity contribution in [1.82, 2.24) is 5.32 Å². The van der Waals surface area contributed by atoms with Crippen LogP contribution >= 0.6 is 11.6 Å². The first-order valence-electron chi connectivity index (χ1n) is 11.2. The summed E-state index contributed by atoms with van der Waals surface area (Å²) >= 11 is 6.30. The molecule has 0 radical (unpaired) electrons. The Morgan fingerprint density at radius 2 is 1.79 bits per heavy atom. The van der Waals surface area contributed by atoms with Gasteiger partial charge in [-0.1, -0.05) is 17.7 Å². The first kappa shape index (κ1) is 21.0. The van der Waals surface area contributed by atoms with E-state index in [2.05, 4.69) is 10.6 Å². The van der Waals surface area contributed by atoms with Crippen LogP contribution in [0.5, 0.6) is 0 Å². The van der Waals surface area contributed by atoms with Crippen molar-refractivity contribution in [2.24, 2.45) is 11.3 Å². The lowest BCUT2D eigenvalue weighted by Gasteiger charge is -2.60. The minimum Gasteiger partial charge on any atom is -0.341 e. The largest absolute Gasteiger partial charge is 0.341 e. The van der Waals surface area contributed by atoms with E-state index >= 15 is 8.78 Å². The predicted octanol–water partition coefficient (Wildman–Crippen LogP) is 5.65. The third-order valence-corrected chi connectivity index (χ3v) is 8.19. The number of carbonyl (C=O) groups is 2. The minimum atomic E-state index is -1.65. The summed E-state index contributed by atoms with van der Waals surface area (Å²) in [4.78, 5) is 26.2. The zero-order valence-electron chi connectivity index (χ0n) is 17.7. The molecule has 2 amide bonds. The van der Waals surface area contributed by atoms with Crippen molar-refractivity contribution < 1.29 is 22.8 Å². The number of fused-ring (bicyclic) bond motifs is 1. The van der Waals surface area contributed by atoms with Crippen molar-refractivity contribution in [2.75, 3.05) is 5.32 Å². The highest BCUT2D eigenvalue weighted by Crippen LogP contribution is 2.66. The normalized spacial score (nSPS) is 35.9. The Kier molecular flexibility index (Phi) is 4.30. The van der Waals surface area contributed by atoms with Crippen LogP contribution in [-0.2, 0) is 4.79 Å². The highest BCUT2D eigenvalue weighted by molar-refractivity contribution is 6.31. The van der Waals surface area contributed by atoms with Gasteiger partial charge in [-0.2, -0.15) is 0 Å². The van der Waals surface area contributed by atoms with Crippen LogP contribution in [0.25, 0.3) is 0 Å². The highest BCUT2D eigenvalue weighted by Gasteiger charge is 2.67. The summed E-state index contributed by atoms with van der Waals surface area (Å²) in [5, 5.41) is 5.96. The fourth-order valence-electron chi connectivity index (χ4n) is 7.15. The van der Waals surface area contributed by atoms with Gasteiger partial charge in [-0.05, 0) is 68.4 Å². The molecule has 5 aliphatic rings. The van der Waals surface area contributed by atoms with Crippen molar-refractivity contribution in [3.05, 3.63) is 63.9 Å². The standard InChI is InChI=1S/C25H22ClF3N2O2/c26-17-5-4-14(27)6-16(17)20-19-15(21(32)31-20)2-1-3-18(19)30-22(33)23-7-13-8-24(28,10-23)12-25(29,9-13)11-23/h1-6,13,20H,7-12H2,(H,30,33)(H,31,32). The molecule has 0 aromatic heterocycles. The number of amides is 2. The third kappa shape index (κ3) is 3.19. The average Bonchev–Trinajstić information content (AvgIpc) is 3.04. The molecule has 4 nitrogen and oxygen atoms in total. The lowest BCUT2D eigenvalue weighted by Crippen LogP contribution is -2.63. The Bertz CT molecular complexity index is 1200. The molecule has 1 aliphatic heterocycles. The number of hydrogen-bond donors (Lipinski definition) is 2. The Labute approximate surface area is 193 Å². The number of benzene rings is 2. The third-order valence-electron chi connectivity index (χ3n) is 7.85. The maximum atomic E-state index is 15.4. The molecule has 4 bridgehead atoms. The zero-order chi connectivity index (χ0) is 23.2. The molecule has 2 aromatic carbocycles. The second kappa shape index (κ2) is 6.75. The molecular formula is C25H22ClF3N2O2. The van der Waals surface area contributed by atoms with E-state index in [1.54, 1.807) is 18.2 Å². The summed E-state index contributed by atoms with van der Waals surface area (Å²) in [5.41, 5.74) is -2.89. The number of carbonyl (C=O) groups excluding carboxylic acids is 2. The fraction of sp³-hybridized carbons (Fsp3) is 0.440. The van der Waals surface area contributed by atoms with Crippen LogP contribution in [0.2, 0.25) is 5.02 Å². The maximum absolute atomic E-state index is 15.4. The van der Waals surface area contributed by atoms with E-state index in [9.17, 15) is 14.0 Å². The number of rotatable bonds is 3. The molecule has 0 saturated heterocycles. The molecular weight excluding hydrogens is 453 g/mol. The molecule has 172 valence electrons. The van der Waals surface area contributed by atoms with Crippen molar-refractivity contribution in [2.45, 2.75) is 55.9 Å². The van der Waals surface area contributed by atoms with Gasteiger partial charge in [0.1, 0.15) is 17.2 Å². The van der Waals surface area contributed by atoms with Crippen LogP contribution in [-0.4, -0.2) is 23.2 Å². The molecule has 8 heteroatoms. The summed E-state index contributed by atoms with van der Waals surface area (Å²) in [5.74, 6) is -1.45. The molecule has 0 spiro atoms. The minimum absolute atomic E-state index is 0.0133. The maximum Gasteiger partial charge on any atom is 0.252 e. The van der Waals surface area contributed by atoms with E-state index in [1.165, 1.54) is 18.2 Å². The van der Waals surface area contributed by atoms with E-state index in [4.69, 9.17) is 11.6 Å². The summed E-state index contributed by atoms with van der Waals surface area (Å²) in [6, 6.07) is 8.03. The number of anilines is 1. The molecule has 2 N–H and O–H groups in total. The molecule has 2 aromatic rings. The van der Waals surface area contributed by atoms with Crippen molar-refractivity contribution >= 4 is 29.1 Å². The lowest BCUT2D eigenvalue weighted by atomic mass is 9.47. The van der Waals surface area contributed by atoms with E-state index in [-0.39, 0.29) is 36.1 Å². The van der Waals surface area contributed by atoms with Crippen molar-refractivity contribution in [1.29, 1.82) is 0 Å². The topological polar surface area (TPSA) is 58.2 Å².